The van der Waals surface area contributed by atoms with Crippen molar-refractivity contribution in [1.29, 1.82) is 0 Å². The molecule has 2 aromatic carbocycles. The Morgan fingerprint density at radius 1 is 0.971 bits per heavy atom. The maximum Gasteiger partial charge on any atom is 0.350 e. The van der Waals surface area contributed by atoms with Crippen LogP contribution in [0.5, 0.6) is 11.5 Å². The molecule has 1 amide bonds. The Hall–Kier alpha value is -3.06. The zero-order chi connectivity index (χ0) is 26.4. The zero-order valence-electron chi connectivity index (χ0n) is 22.3. The summed E-state index contributed by atoms with van der Waals surface area (Å²) < 4.78 is 11.7. The van der Waals surface area contributed by atoms with Gasteiger partial charge in [0.25, 0.3) is 0 Å². The highest BCUT2D eigenvalue weighted by molar-refractivity contribution is 5.79. The van der Waals surface area contributed by atoms with Crippen LogP contribution in [-0.4, -0.2) is 53.2 Å². The van der Waals surface area contributed by atoms with Crippen LogP contribution >= 0.6 is 0 Å². The monoisotopic (exact) mass is 484 g/mol. The number of nitrogens with zero attached hydrogens (tertiary/aromatic N) is 1. The van der Waals surface area contributed by atoms with Crippen LogP contribution in [0.2, 0.25) is 0 Å². The smallest absolute Gasteiger partial charge is 0.350 e. The Labute approximate surface area is 209 Å². The summed E-state index contributed by atoms with van der Waals surface area (Å²) in [5.74, 6) is 0.424. The Morgan fingerprint density at radius 2 is 1.54 bits per heavy atom. The van der Waals surface area contributed by atoms with Crippen LogP contribution in [0.25, 0.3) is 0 Å². The molecule has 0 heterocycles. The van der Waals surface area contributed by atoms with Crippen molar-refractivity contribution in [3.8, 4) is 11.5 Å². The van der Waals surface area contributed by atoms with E-state index in [4.69, 9.17) is 9.47 Å². The van der Waals surface area contributed by atoms with Crippen molar-refractivity contribution >= 4 is 11.9 Å². The predicted molar refractivity (Wildman–Crippen MR) is 138 cm³/mol. The van der Waals surface area contributed by atoms with Gasteiger partial charge in [0, 0.05) is 20.1 Å². The third kappa shape index (κ3) is 8.91. The van der Waals surface area contributed by atoms with E-state index in [-0.39, 0.29) is 18.2 Å². The Balaban J connectivity index is 2.18. The molecule has 35 heavy (non-hydrogen) atoms. The maximum atomic E-state index is 12.7. The van der Waals surface area contributed by atoms with Crippen LogP contribution in [-0.2, 0) is 27.3 Å². The molecule has 0 aliphatic heterocycles. The molecule has 7 nitrogen and oxygen atoms in total. The number of hydrogen-bond acceptors (Lipinski definition) is 6. The highest BCUT2D eigenvalue weighted by Gasteiger charge is 2.35. The van der Waals surface area contributed by atoms with Gasteiger partial charge < -0.3 is 19.9 Å². The number of aromatic hydroxyl groups is 1. The van der Waals surface area contributed by atoms with Gasteiger partial charge >= 0.3 is 5.97 Å². The molecule has 2 aromatic rings. The van der Waals surface area contributed by atoms with Crippen LogP contribution in [0.4, 0.5) is 0 Å². The van der Waals surface area contributed by atoms with Gasteiger partial charge in [0.15, 0.2) is 5.60 Å². The normalized spacial score (nSPS) is 11.9. The molecule has 192 valence electrons. The van der Waals surface area contributed by atoms with Crippen LogP contribution < -0.4 is 10.1 Å². The Bertz CT molecular complexity index is 1000. The van der Waals surface area contributed by atoms with Gasteiger partial charge in [-0.25, -0.2) is 4.79 Å². The first-order valence-corrected chi connectivity index (χ1v) is 11.9. The fourth-order valence-corrected chi connectivity index (χ4v) is 3.69. The van der Waals surface area contributed by atoms with Crippen molar-refractivity contribution in [2.45, 2.75) is 72.6 Å². The lowest BCUT2D eigenvalue weighted by atomic mass is 10.0. The predicted octanol–water partition coefficient (Wildman–Crippen LogP) is 4.30. The van der Waals surface area contributed by atoms with Gasteiger partial charge in [-0.15, -0.1) is 0 Å². The van der Waals surface area contributed by atoms with E-state index >= 15 is 0 Å². The first kappa shape index (κ1) is 28.2. The van der Waals surface area contributed by atoms with Gasteiger partial charge in [0.05, 0.1) is 6.54 Å². The fourth-order valence-electron chi connectivity index (χ4n) is 3.69. The van der Waals surface area contributed by atoms with E-state index in [0.29, 0.717) is 18.8 Å². The van der Waals surface area contributed by atoms with E-state index in [1.807, 2.05) is 58.9 Å². The molecular formula is C28H40N2O5. The van der Waals surface area contributed by atoms with Gasteiger partial charge in [-0.05, 0) is 89.3 Å². The molecule has 0 spiro atoms. The van der Waals surface area contributed by atoms with E-state index in [1.165, 1.54) is 0 Å². The summed E-state index contributed by atoms with van der Waals surface area (Å²) in [5.41, 5.74) is 2.23. The van der Waals surface area contributed by atoms with Gasteiger partial charge in [-0.2, -0.15) is 0 Å². The second-order valence-electron chi connectivity index (χ2n) is 10.5. The summed E-state index contributed by atoms with van der Waals surface area (Å²) >= 11 is 0. The summed E-state index contributed by atoms with van der Waals surface area (Å²) in [4.78, 5) is 26.9. The number of phenolic OH excluding ortho intramolecular Hbond substituents is 1. The van der Waals surface area contributed by atoms with Crippen molar-refractivity contribution < 1.29 is 24.2 Å². The van der Waals surface area contributed by atoms with E-state index in [2.05, 4.69) is 10.2 Å². The van der Waals surface area contributed by atoms with E-state index in [9.17, 15) is 14.7 Å². The number of hydrogen-bond donors (Lipinski definition) is 2. The summed E-state index contributed by atoms with van der Waals surface area (Å²) in [6, 6.07) is 11.2. The van der Waals surface area contributed by atoms with Crippen LogP contribution in [0.1, 0.15) is 56.9 Å². The first-order valence-electron chi connectivity index (χ1n) is 11.9. The lowest BCUT2D eigenvalue weighted by molar-refractivity contribution is -0.171. The molecule has 2 rings (SSSR count). The number of carbonyl (C=O) groups is 2. The van der Waals surface area contributed by atoms with Gasteiger partial charge in [-0.3, -0.25) is 9.69 Å². The standard InChI is InChI=1S/C28H40N2O5/c1-19-15-22(16-20(2)25(19)34-28(6,7)26(33)35-27(3,4)5)17-30(18-24(32)29-8)14-13-21-9-11-23(31)12-10-21/h9-12,15-16,31H,13-14,17-18H2,1-8H3,(H,29,32). The van der Waals surface area contributed by atoms with Crippen LogP contribution in [0.15, 0.2) is 36.4 Å². The summed E-state index contributed by atoms with van der Waals surface area (Å²) in [6.45, 7) is 14.4. The molecule has 0 saturated carbocycles. The minimum Gasteiger partial charge on any atom is -0.508 e. The topological polar surface area (TPSA) is 88.1 Å². The molecule has 2 N–H and O–H groups in total. The van der Waals surface area contributed by atoms with E-state index in [0.717, 1.165) is 28.7 Å². The highest BCUT2D eigenvalue weighted by Crippen LogP contribution is 2.30. The second kappa shape index (κ2) is 11.6. The molecule has 0 aromatic heterocycles. The molecule has 0 atom stereocenters. The molecule has 0 aliphatic rings. The molecule has 0 aliphatic carbocycles. The average molecular weight is 485 g/mol. The molecule has 0 radical (unpaired) electrons. The van der Waals surface area contributed by atoms with Crippen molar-refractivity contribution in [2.75, 3.05) is 20.1 Å². The lowest BCUT2D eigenvalue weighted by Gasteiger charge is -2.30. The van der Waals surface area contributed by atoms with Gasteiger partial charge in [0.2, 0.25) is 5.91 Å². The minimum absolute atomic E-state index is 0.0526. The highest BCUT2D eigenvalue weighted by atomic mass is 16.6. The maximum absolute atomic E-state index is 12.7. The summed E-state index contributed by atoms with van der Waals surface area (Å²) in [5, 5.41) is 12.2. The number of aryl methyl sites for hydroxylation is 2. The van der Waals surface area contributed by atoms with Crippen molar-refractivity contribution in [2.24, 2.45) is 0 Å². The number of nitrogens with one attached hydrogen (secondary N) is 1. The van der Waals surface area contributed by atoms with Crippen molar-refractivity contribution in [1.82, 2.24) is 10.2 Å². The van der Waals surface area contributed by atoms with Crippen molar-refractivity contribution in [3.63, 3.8) is 0 Å². The van der Waals surface area contributed by atoms with Gasteiger partial charge in [0.1, 0.15) is 17.1 Å². The van der Waals surface area contributed by atoms with Gasteiger partial charge in [-0.1, -0.05) is 24.3 Å². The molecular weight excluding hydrogens is 444 g/mol. The summed E-state index contributed by atoms with van der Waals surface area (Å²) in [6.07, 6.45) is 0.751. The quantitative estimate of drug-likeness (QED) is 0.489. The number of amides is 1. The summed E-state index contributed by atoms with van der Waals surface area (Å²) in [7, 11) is 1.63. The van der Waals surface area contributed by atoms with E-state index < -0.39 is 17.2 Å². The number of rotatable bonds is 10. The average Bonchev–Trinajstić information content (AvgIpc) is 2.74. The third-order valence-electron chi connectivity index (χ3n) is 5.47. The number of likely N-dealkylation sites (N-methyl/N-ethyl adjacent to an activating group) is 1. The van der Waals surface area contributed by atoms with E-state index in [1.54, 1.807) is 33.0 Å². The Kier molecular flexibility index (Phi) is 9.32. The number of benzene rings is 2. The second-order valence-corrected chi connectivity index (χ2v) is 10.5. The SMILES string of the molecule is CNC(=O)CN(CCc1ccc(O)cc1)Cc1cc(C)c(OC(C)(C)C(=O)OC(C)(C)C)c(C)c1. The third-order valence-corrected chi connectivity index (χ3v) is 5.47. The molecule has 7 heteroatoms. The first-order chi connectivity index (χ1) is 16.2. The number of ether oxygens (including phenoxy) is 2. The molecule has 0 bridgehead atoms. The van der Waals surface area contributed by atoms with Crippen LogP contribution in [0.3, 0.4) is 0 Å². The minimum atomic E-state index is -1.14. The lowest BCUT2D eigenvalue weighted by Crippen LogP contribution is -2.43. The fraction of sp³-hybridized carbons (Fsp3) is 0.500. The largest absolute Gasteiger partial charge is 0.508 e. The molecule has 0 unspecified atom stereocenters. The Morgan fingerprint density at radius 3 is 2.06 bits per heavy atom. The molecule has 0 fully saturated rings. The number of esters is 1. The number of carbonyl (C=O) groups excluding carboxylic acids is 2. The van der Waals surface area contributed by atoms with Crippen molar-refractivity contribution in [3.05, 3.63) is 58.7 Å². The number of phenols is 1. The molecule has 0 saturated heterocycles. The van der Waals surface area contributed by atoms with Crippen LogP contribution in [0, 0.1) is 13.8 Å². The zero-order valence-corrected chi connectivity index (χ0v) is 22.3.